The number of hydrogen-bond donors (Lipinski definition) is 5. The number of carbonyl (C=O) groups is 2. The van der Waals surface area contributed by atoms with Gasteiger partial charge in [0, 0.05) is 24.3 Å². The molecule has 0 aliphatic carbocycles. The van der Waals surface area contributed by atoms with Crippen LogP contribution in [0.4, 0.5) is 17.3 Å². The third-order valence-electron chi connectivity index (χ3n) is 5.67. The zero-order valence-electron chi connectivity index (χ0n) is 21.4. The molecular formula is C25H39N7O3. The van der Waals surface area contributed by atoms with E-state index in [0.717, 1.165) is 12.8 Å². The van der Waals surface area contributed by atoms with Crippen LogP contribution in [0.25, 0.3) is 0 Å². The van der Waals surface area contributed by atoms with Gasteiger partial charge in [0.25, 0.3) is 5.91 Å². The fourth-order valence-electron chi connectivity index (χ4n) is 3.34. The maximum atomic E-state index is 12.1. The molecule has 0 fully saturated rings. The van der Waals surface area contributed by atoms with Crippen LogP contribution in [0.5, 0.6) is 5.75 Å². The summed E-state index contributed by atoms with van der Waals surface area (Å²) in [7, 11) is 1.74. The van der Waals surface area contributed by atoms with Gasteiger partial charge >= 0.3 is 0 Å². The molecule has 0 aliphatic heterocycles. The Morgan fingerprint density at radius 2 is 1.86 bits per heavy atom. The molecule has 2 rings (SSSR count). The van der Waals surface area contributed by atoms with Crippen molar-refractivity contribution in [2.24, 2.45) is 5.73 Å². The summed E-state index contributed by atoms with van der Waals surface area (Å²) in [5.74, 6) is 0.902. The highest BCUT2D eigenvalue weighted by Gasteiger charge is 2.18. The first-order valence-electron chi connectivity index (χ1n) is 12.2. The van der Waals surface area contributed by atoms with Crippen molar-refractivity contribution in [2.75, 3.05) is 30.8 Å². The molecule has 35 heavy (non-hydrogen) atoms. The number of nitrogens with zero attached hydrogens (tertiary/aromatic N) is 2. The molecule has 1 atom stereocenters. The maximum Gasteiger partial charge on any atom is 0.271 e. The number of aromatic nitrogens is 2. The van der Waals surface area contributed by atoms with E-state index in [9.17, 15) is 9.59 Å². The number of aryl methyl sites for hydroxylation is 1. The molecular weight excluding hydrogens is 446 g/mol. The van der Waals surface area contributed by atoms with E-state index in [-0.39, 0.29) is 23.7 Å². The molecule has 10 heteroatoms. The number of carbonyl (C=O) groups excluding carboxylic acids is 2. The van der Waals surface area contributed by atoms with Crippen molar-refractivity contribution < 1.29 is 14.3 Å². The number of amides is 2. The fourth-order valence-corrected chi connectivity index (χ4v) is 3.34. The Kier molecular flexibility index (Phi) is 11.2. The van der Waals surface area contributed by atoms with E-state index in [0.29, 0.717) is 54.8 Å². The van der Waals surface area contributed by atoms with Gasteiger partial charge in [-0.05, 0) is 51.8 Å². The lowest BCUT2D eigenvalue weighted by atomic mass is 10.1. The van der Waals surface area contributed by atoms with Gasteiger partial charge in [-0.3, -0.25) is 9.59 Å². The third kappa shape index (κ3) is 8.40. The van der Waals surface area contributed by atoms with Gasteiger partial charge in [0.05, 0.1) is 18.3 Å². The van der Waals surface area contributed by atoms with E-state index in [2.05, 4.69) is 45.1 Å². The van der Waals surface area contributed by atoms with Crippen molar-refractivity contribution in [1.82, 2.24) is 20.6 Å². The second kappa shape index (κ2) is 14.1. The lowest BCUT2D eigenvalue weighted by Crippen LogP contribution is -2.40. The van der Waals surface area contributed by atoms with E-state index < -0.39 is 5.91 Å². The van der Waals surface area contributed by atoms with Crippen LogP contribution < -0.4 is 31.7 Å². The molecule has 1 aromatic heterocycles. The first-order chi connectivity index (χ1) is 16.8. The topological polar surface area (TPSA) is 143 Å². The SMILES string of the molecule is CCc1nc(C(N)=O)c(Nc2cccc(OCCCNC(=O)[C@H](C)NC)c2)nc1NC(CC)CC. The van der Waals surface area contributed by atoms with Gasteiger partial charge in [0.1, 0.15) is 11.6 Å². The average molecular weight is 486 g/mol. The minimum Gasteiger partial charge on any atom is -0.493 e. The molecule has 10 nitrogen and oxygen atoms in total. The van der Waals surface area contributed by atoms with E-state index in [1.165, 1.54) is 0 Å². The van der Waals surface area contributed by atoms with Crippen LogP contribution in [-0.2, 0) is 11.2 Å². The molecule has 0 unspecified atom stereocenters. The lowest BCUT2D eigenvalue weighted by Gasteiger charge is -2.19. The summed E-state index contributed by atoms with van der Waals surface area (Å²) in [4.78, 5) is 33.1. The smallest absolute Gasteiger partial charge is 0.271 e. The summed E-state index contributed by atoms with van der Waals surface area (Å²) in [6, 6.07) is 7.37. The Labute approximate surface area is 207 Å². The summed E-state index contributed by atoms with van der Waals surface area (Å²) in [6.45, 7) is 8.96. The van der Waals surface area contributed by atoms with Gasteiger partial charge in [0.2, 0.25) is 5.91 Å². The second-order valence-electron chi connectivity index (χ2n) is 8.25. The highest BCUT2D eigenvalue weighted by Crippen LogP contribution is 2.25. The maximum absolute atomic E-state index is 12.1. The van der Waals surface area contributed by atoms with Gasteiger partial charge in [-0.25, -0.2) is 9.97 Å². The number of primary amides is 1. The Balaban J connectivity index is 2.11. The number of benzene rings is 1. The van der Waals surface area contributed by atoms with E-state index >= 15 is 0 Å². The summed E-state index contributed by atoms with van der Waals surface area (Å²) in [5.41, 5.74) is 7.09. The van der Waals surface area contributed by atoms with Crippen LogP contribution in [0.15, 0.2) is 24.3 Å². The summed E-state index contributed by atoms with van der Waals surface area (Å²) < 4.78 is 5.83. The average Bonchev–Trinajstić information content (AvgIpc) is 2.86. The Bertz CT molecular complexity index is 980. The van der Waals surface area contributed by atoms with Crippen molar-refractivity contribution in [2.45, 2.75) is 65.5 Å². The molecule has 0 saturated heterocycles. The largest absolute Gasteiger partial charge is 0.493 e. The molecule has 1 heterocycles. The van der Waals surface area contributed by atoms with Crippen LogP contribution in [0.1, 0.15) is 63.1 Å². The first-order valence-corrected chi connectivity index (χ1v) is 12.2. The molecule has 1 aromatic carbocycles. The van der Waals surface area contributed by atoms with Gasteiger partial charge in [-0.15, -0.1) is 0 Å². The zero-order chi connectivity index (χ0) is 25.8. The molecule has 2 amide bonds. The van der Waals surface area contributed by atoms with Crippen molar-refractivity contribution in [3.8, 4) is 5.75 Å². The molecule has 0 bridgehead atoms. The van der Waals surface area contributed by atoms with Crippen LogP contribution in [0, 0.1) is 0 Å². The monoisotopic (exact) mass is 485 g/mol. The van der Waals surface area contributed by atoms with E-state index in [1.54, 1.807) is 14.0 Å². The Morgan fingerprint density at radius 3 is 2.49 bits per heavy atom. The third-order valence-corrected chi connectivity index (χ3v) is 5.67. The molecule has 2 aromatic rings. The van der Waals surface area contributed by atoms with Gasteiger partial charge in [-0.1, -0.05) is 26.8 Å². The molecule has 0 radical (unpaired) electrons. The summed E-state index contributed by atoms with van der Waals surface area (Å²) >= 11 is 0. The van der Waals surface area contributed by atoms with E-state index in [1.807, 2.05) is 31.2 Å². The molecule has 192 valence electrons. The molecule has 0 aliphatic rings. The second-order valence-corrected chi connectivity index (χ2v) is 8.25. The predicted octanol–water partition coefficient (Wildman–Crippen LogP) is 2.98. The van der Waals surface area contributed by atoms with Crippen LogP contribution >= 0.6 is 0 Å². The fraction of sp³-hybridized carbons (Fsp3) is 0.520. The molecule has 6 N–H and O–H groups in total. The van der Waals surface area contributed by atoms with Gasteiger partial charge < -0.3 is 31.7 Å². The van der Waals surface area contributed by atoms with E-state index in [4.69, 9.17) is 10.5 Å². The normalized spacial score (nSPS) is 11.7. The highest BCUT2D eigenvalue weighted by atomic mass is 16.5. The Hall–Kier alpha value is -3.40. The van der Waals surface area contributed by atoms with Crippen molar-refractivity contribution in [1.29, 1.82) is 0 Å². The van der Waals surface area contributed by atoms with Gasteiger partial charge in [0.15, 0.2) is 11.5 Å². The summed E-state index contributed by atoms with van der Waals surface area (Å²) in [5, 5.41) is 12.4. The van der Waals surface area contributed by atoms with Crippen LogP contribution in [0.3, 0.4) is 0 Å². The minimum absolute atomic E-state index is 0.0443. The van der Waals surface area contributed by atoms with Crippen molar-refractivity contribution in [3.63, 3.8) is 0 Å². The predicted molar refractivity (Wildman–Crippen MR) is 139 cm³/mol. The van der Waals surface area contributed by atoms with Crippen LogP contribution in [-0.4, -0.2) is 54.1 Å². The summed E-state index contributed by atoms with van der Waals surface area (Å²) in [6.07, 6.45) is 3.17. The number of rotatable bonds is 15. The number of ether oxygens (including phenoxy) is 1. The highest BCUT2D eigenvalue weighted by molar-refractivity contribution is 5.96. The number of nitrogens with one attached hydrogen (secondary N) is 4. The minimum atomic E-state index is -0.647. The molecule has 0 saturated carbocycles. The number of hydrogen-bond acceptors (Lipinski definition) is 8. The van der Waals surface area contributed by atoms with Crippen LogP contribution in [0.2, 0.25) is 0 Å². The number of nitrogens with two attached hydrogens (primary N) is 1. The van der Waals surface area contributed by atoms with Crippen molar-refractivity contribution >= 4 is 29.1 Å². The number of likely N-dealkylation sites (N-methyl/N-ethyl adjacent to an activating group) is 1. The van der Waals surface area contributed by atoms with Crippen molar-refractivity contribution in [3.05, 3.63) is 35.7 Å². The number of anilines is 3. The first kappa shape index (κ1) is 27.8. The Morgan fingerprint density at radius 1 is 1.11 bits per heavy atom. The molecule has 0 spiro atoms. The quantitative estimate of drug-likeness (QED) is 0.242. The zero-order valence-corrected chi connectivity index (χ0v) is 21.4. The standard InChI is InChI=1S/C25H39N7O3/c1-6-17(7-2)29-23-20(8-3)31-21(22(26)33)24(32-23)30-18-11-9-12-19(15-18)35-14-10-13-28-25(34)16(4)27-5/h9,11-12,15-17,27H,6-8,10,13-14H2,1-5H3,(H2,26,33)(H,28,34)(H2,29,30,32)/t16-/m0/s1. The van der Waals surface area contributed by atoms with Gasteiger partial charge in [-0.2, -0.15) is 0 Å². The lowest BCUT2D eigenvalue weighted by molar-refractivity contribution is -0.122.